The van der Waals surface area contributed by atoms with Crippen LogP contribution in [0.15, 0.2) is 60.7 Å². The Hall–Kier alpha value is -3.41. The van der Waals surface area contributed by atoms with Gasteiger partial charge < -0.3 is 15.4 Å². The molecule has 0 fully saturated rings. The quantitative estimate of drug-likeness (QED) is 0.638. The van der Waals surface area contributed by atoms with E-state index in [1.807, 2.05) is 44.2 Å². The Morgan fingerprint density at radius 3 is 2.57 bits per heavy atom. The van der Waals surface area contributed by atoms with E-state index in [2.05, 4.69) is 39.9 Å². The van der Waals surface area contributed by atoms with Crippen molar-refractivity contribution in [1.29, 1.82) is 0 Å². The number of aromatic nitrogens is 2. The maximum absolute atomic E-state index is 12.5. The van der Waals surface area contributed by atoms with Crippen molar-refractivity contribution in [2.24, 2.45) is 0 Å². The summed E-state index contributed by atoms with van der Waals surface area (Å²) in [6, 6.07) is 18.9. The summed E-state index contributed by atoms with van der Waals surface area (Å²) in [5, 5.41) is 14.2. The van der Waals surface area contributed by atoms with Crippen LogP contribution < -0.4 is 15.4 Å². The van der Waals surface area contributed by atoms with E-state index < -0.39 is 0 Å². The van der Waals surface area contributed by atoms with Gasteiger partial charge >= 0.3 is 0 Å². The van der Waals surface area contributed by atoms with Gasteiger partial charge in [-0.1, -0.05) is 42.0 Å². The molecule has 0 radical (unpaired) electrons. The number of rotatable bonds is 7. The van der Waals surface area contributed by atoms with Crippen molar-refractivity contribution in [3.05, 3.63) is 77.5 Å². The number of aryl methyl sites for hydroxylation is 1. The Morgan fingerprint density at radius 2 is 1.86 bits per heavy atom. The number of hydrogen-bond donors (Lipinski definition) is 2. The lowest BCUT2D eigenvalue weighted by Crippen LogP contribution is -2.16. The molecule has 0 saturated heterocycles. The van der Waals surface area contributed by atoms with Gasteiger partial charge in [0.25, 0.3) is 5.91 Å². The summed E-state index contributed by atoms with van der Waals surface area (Å²) in [5.41, 5.74) is 3.20. The fourth-order valence-corrected chi connectivity index (χ4v) is 2.68. The van der Waals surface area contributed by atoms with Crippen molar-refractivity contribution in [2.45, 2.75) is 33.4 Å². The Bertz CT molecular complexity index is 939. The summed E-state index contributed by atoms with van der Waals surface area (Å²) in [6.45, 7) is 6.57. The topological polar surface area (TPSA) is 76.1 Å². The number of anilines is 2. The maximum Gasteiger partial charge on any atom is 0.276 e. The van der Waals surface area contributed by atoms with Gasteiger partial charge in [0.05, 0.1) is 11.8 Å². The first-order valence-electron chi connectivity index (χ1n) is 9.21. The van der Waals surface area contributed by atoms with Gasteiger partial charge in [-0.15, -0.1) is 10.2 Å². The number of hydrogen-bond acceptors (Lipinski definition) is 5. The SMILES string of the molecule is Cc1cccc(CNc2ccc(C(=O)Nc3ccccc3OC(C)C)nn2)c1. The lowest BCUT2D eigenvalue weighted by molar-refractivity contribution is 0.102. The molecule has 0 aliphatic rings. The lowest BCUT2D eigenvalue weighted by atomic mass is 10.1. The number of nitrogens with zero attached hydrogens (tertiary/aromatic N) is 2. The molecule has 3 aromatic rings. The summed E-state index contributed by atoms with van der Waals surface area (Å²) >= 11 is 0. The molecular weight excluding hydrogens is 352 g/mol. The summed E-state index contributed by atoms with van der Waals surface area (Å²) in [5.74, 6) is 0.898. The predicted molar refractivity (Wildman–Crippen MR) is 111 cm³/mol. The van der Waals surface area contributed by atoms with Crippen LogP contribution in [0.2, 0.25) is 0 Å². The molecule has 6 heteroatoms. The van der Waals surface area contributed by atoms with Gasteiger partial charge in [-0.3, -0.25) is 4.79 Å². The van der Waals surface area contributed by atoms with Crippen molar-refractivity contribution in [3.8, 4) is 5.75 Å². The summed E-state index contributed by atoms with van der Waals surface area (Å²) < 4.78 is 5.72. The monoisotopic (exact) mass is 376 g/mol. The van der Waals surface area contributed by atoms with Gasteiger partial charge in [0.2, 0.25) is 0 Å². The number of carbonyl (C=O) groups is 1. The van der Waals surface area contributed by atoms with E-state index in [0.717, 1.165) is 5.56 Å². The van der Waals surface area contributed by atoms with Crippen molar-refractivity contribution in [1.82, 2.24) is 10.2 Å². The van der Waals surface area contributed by atoms with Crippen LogP contribution >= 0.6 is 0 Å². The first-order valence-corrected chi connectivity index (χ1v) is 9.21. The van der Waals surface area contributed by atoms with E-state index in [-0.39, 0.29) is 17.7 Å². The van der Waals surface area contributed by atoms with E-state index in [4.69, 9.17) is 4.74 Å². The molecule has 0 bridgehead atoms. The molecule has 0 saturated carbocycles. The second kappa shape index (κ2) is 8.99. The largest absolute Gasteiger partial charge is 0.489 e. The molecule has 6 nitrogen and oxygen atoms in total. The minimum absolute atomic E-state index is 0.0107. The fourth-order valence-electron chi connectivity index (χ4n) is 2.68. The molecule has 2 aromatic carbocycles. The second-order valence-corrected chi connectivity index (χ2v) is 6.76. The number of amides is 1. The molecule has 1 heterocycles. The van der Waals surface area contributed by atoms with Crippen molar-refractivity contribution in [3.63, 3.8) is 0 Å². The first kappa shape index (κ1) is 19.4. The standard InChI is InChI=1S/C22H24N4O2/c1-15(2)28-20-10-5-4-9-18(20)24-22(27)19-11-12-21(26-25-19)23-14-17-8-6-7-16(3)13-17/h4-13,15H,14H2,1-3H3,(H,23,26)(H,24,27). The van der Waals surface area contributed by atoms with Gasteiger partial charge in [-0.25, -0.2) is 0 Å². The van der Waals surface area contributed by atoms with Crippen LogP contribution in [0.3, 0.4) is 0 Å². The number of benzene rings is 2. The Labute approximate surface area is 165 Å². The second-order valence-electron chi connectivity index (χ2n) is 6.76. The van der Waals surface area contributed by atoms with Crippen molar-refractivity contribution >= 4 is 17.4 Å². The molecule has 2 N–H and O–H groups in total. The van der Waals surface area contributed by atoms with Crippen LogP contribution in [0.5, 0.6) is 5.75 Å². The number of para-hydroxylation sites is 2. The molecule has 28 heavy (non-hydrogen) atoms. The smallest absolute Gasteiger partial charge is 0.276 e. The minimum Gasteiger partial charge on any atom is -0.489 e. The zero-order chi connectivity index (χ0) is 19.9. The van der Waals surface area contributed by atoms with E-state index in [1.165, 1.54) is 5.56 Å². The molecule has 0 spiro atoms. The van der Waals surface area contributed by atoms with E-state index >= 15 is 0 Å². The van der Waals surface area contributed by atoms with Gasteiger partial charge in [-0.2, -0.15) is 0 Å². The number of carbonyl (C=O) groups excluding carboxylic acids is 1. The van der Waals surface area contributed by atoms with Crippen molar-refractivity contribution in [2.75, 3.05) is 10.6 Å². The zero-order valence-corrected chi connectivity index (χ0v) is 16.3. The van der Waals surface area contributed by atoms with E-state index in [9.17, 15) is 4.79 Å². The Kier molecular flexibility index (Phi) is 6.22. The van der Waals surface area contributed by atoms with Crippen molar-refractivity contribution < 1.29 is 9.53 Å². The maximum atomic E-state index is 12.5. The summed E-state index contributed by atoms with van der Waals surface area (Å²) in [6.07, 6.45) is 0.0107. The van der Waals surface area contributed by atoms with Crippen LogP contribution in [0.25, 0.3) is 0 Å². The Balaban J connectivity index is 1.62. The van der Waals surface area contributed by atoms with Crippen LogP contribution in [0, 0.1) is 6.92 Å². The molecule has 144 valence electrons. The van der Waals surface area contributed by atoms with Crippen LogP contribution in [0.4, 0.5) is 11.5 Å². The number of ether oxygens (including phenoxy) is 1. The average Bonchev–Trinajstić information content (AvgIpc) is 2.68. The van der Waals surface area contributed by atoms with Gasteiger partial charge in [0.15, 0.2) is 5.69 Å². The third-order valence-electron chi connectivity index (χ3n) is 3.95. The van der Waals surface area contributed by atoms with Gasteiger partial charge in [0, 0.05) is 6.54 Å². The fraction of sp³-hybridized carbons (Fsp3) is 0.227. The van der Waals surface area contributed by atoms with Crippen LogP contribution in [-0.4, -0.2) is 22.2 Å². The summed E-state index contributed by atoms with van der Waals surface area (Å²) in [7, 11) is 0. The average molecular weight is 376 g/mol. The Morgan fingerprint density at radius 1 is 1.04 bits per heavy atom. The minimum atomic E-state index is -0.336. The highest BCUT2D eigenvalue weighted by molar-refractivity contribution is 6.03. The van der Waals surface area contributed by atoms with Crippen LogP contribution in [-0.2, 0) is 6.54 Å². The third kappa shape index (κ3) is 5.30. The molecule has 1 aromatic heterocycles. The van der Waals surface area contributed by atoms with E-state index in [0.29, 0.717) is 23.8 Å². The lowest BCUT2D eigenvalue weighted by Gasteiger charge is -2.14. The molecule has 0 atom stereocenters. The van der Waals surface area contributed by atoms with E-state index in [1.54, 1.807) is 18.2 Å². The molecule has 3 rings (SSSR count). The molecule has 0 aliphatic carbocycles. The number of nitrogens with one attached hydrogen (secondary N) is 2. The molecule has 0 aliphatic heterocycles. The third-order valence-corrected chi connectivity index (χ3v) is 3.95. The highest BCUT2D eigenvalue weighted by atomic mass is 16.5. The molecular formula is C22H24N4O2. The van der Waals surface area contributed by atoms with Gasteiger partial charge in [-0.05, 0) is 50.6 Å². The normalized spacial score (nSPS) is 10.6. The molecule has 1 amide bonds. The predicted octanol–water partition coefficient (Wildman–Crippen LogP) is 4.44. The molecule has 0 unspecified atom stereocenters. The highest BCUT2D eigenvalue weighted by Gasteiger charge is 2.12. The van der Waals surface area contributed by atoms with Crippen LogP contribution in [0.1, 0.15) is 35.5 Å². The zero-order valence-electron chi connectivity index (χ0n) is 16.3. The first-order chi connectivity index (χ1) is 13.5. The summed E-state index contributed by atoms with van der Waals surface area (Å²) in [4.78, 5) is 12.5. The highest BCUT2D eigenvalue weighted by Crippen LogP contribution is 2.25. The van der Waals surface area contributed by atoms with Gasteiger partial charge in [0.1, 0.15) is 11.6 Å².